The molecule has 0 saturated heterocycles. The van der Waals surface area contributed by atoms with E-state index in [0.29, 0.717) is 44.7 Å². The second kappa shape index (κ2) is 6.13. The molecule has 2 N–H and O–H groups in total. The van der Waals surface area contributed by atoms with E-state index in [0.717, 1.165) is 0 Å². The van der Waals surface area contributed by atoms with Crippen molar-refractivity contribution in [3.63, 3.8) is 0 Å². The molecule has 122 valence electrons. The monoisotopic (exact) mass is 362 g/mol. The fourth-order valence-corrected chi connectivity index (χ4v) is 3.55. The molecule has 0 aliphatic heterocycles. The van der Waals surface area contributed by atoms with E-state index in [4.69, 9.17) is 9.47 Å². The van der Waals surface area contributed by atoms with Crippen molar-refractivity contribution >= 4 is 43.9 Å². The molecule has 0 amide bonds. The molecule has 4 rings (SSSR count). The highest BCUT2D eigenvalue weighted by molar-refractivity contribution is 8.76. The first-order chi connectivity index (χ1) is 11.7. The van der Waals surface area contributed by atoms with Crippen LogP contribution >= 0.6 is 21.6 Å². The number of ether oxygens (including phenoxy) is 2. The Labute approximate surface area is 142 Å². The summed E-state index contributed by atoms with van der Waals surface area (Å²) in [6.45, 7) is 0. The Kier molecular flexibility index (Phi) is 3.82. The lowest BCUT2D eigenvalue weighted by Crippen LogP contribution is -1.90. The molecule has 0 aromatic carbocycles. The molecule has 24 heavy (non-hydrogen) atoms. The lowest BCUT2D eigenvalue weighted by molar-refractivity contribution is 0.381. The summed E-state index contributed by atoms with van der Waals surface area (Å²) in [4.78, 5) is 31.4. The molecule has 12 heteroatoms. The second-order valence-electron chi connectivity index (χ2n) is 4.43. The Morgan fingerprint density at radius 3 is 1.62 bits per heavy atom. The summed E-state index contributed by atoms with van der Waals surface area (Å²) < 4.78 is 9.99. The van der Waals surface area contributed by atoms with Gasteiger partial charge in [0.15, 0.2) is 21.6 Å². The molecule has 0 radical (unpaired) electrons. The zero-order chi connectivity index (χ0) is 16.5. The smallest absolute Gasteiger partial charge is 0.318 e. The Bertz CT molecular complexity index is 935. The molecule has 0 atom stereocenters. The highest BCUT2D eigenvalue weighted by atomic mass is 33.1. The molecule has 0 spiro atoms. The summed E-state index contributed by atoms with van der Waals surface area (Å²) >= 11 is 0. The van der Waals surface area contributed by atoms with Crippen molar-refractivity contribution in [3.05, 3.63) is 12.4 Å². The van der Waals surface area contributed by atoms with Crippen LogP contribution in [0.4, 0.5) is 0 Å². The average molecular weight is 362 g/mol. The van der Waals surface area contributed by atoms with Crippen molar-refractivity contribution in [2.24, 2.45) is 0 Å². The third-order valence-corrected chi connectivity index (χ3v) is 4.94. The number of nitrogens with one attached hydrogen (secondary N) is 2. The van der Waals surface area contributed by atoms with E-state index in [1.54, 1.807) is 12.4 Å². The number of rotatable bonds is 5. The molecule has 0 unspecified atom stereocenters. The Balaban J connectivity index is 1.53. The maximum Gasteiger partial charge on any atom is 0.318 e. The fraction of sp³-hybridized carbons (Fsp3) is 0.167. The van der Waals surface area contributed by atoms with Crippen molar-refractivity contribution in [1.29, 1.82) is 0 Å². The highest BCUT2D eigenvalue weighted by Gasteiger charge is 2.11. The van der Waals surface area contributed by atoms with Gasteiger partial charge in [-0.05, 0) is 21.6 Å². The van der Waals surface area contributed by atoms with Gasteiger partial charge in [0.1, 0.15) is 11.0 Å². The van der Waals surface area contributed by atoms with Crippen molar-refractivity contribution in [1.82, 2.24) is 39.9 Å². The van der Waals surface area contributed by atoms with E-state index in [2.05, 4.69) is 39.9 Å². The van der Waals surface area contributed by atoms with Gasteiger partial charge in [-0.15, -0.1) is 0 Å². The number of hydrogen-bond donors (Lipinski definition) is 2. The molecule has 0 aliphatic carbocycles. The molecular formula is C12H10N8O2S2. The normalized spacial score (nSPS) is 11.2. The van der Waals surface area contributed by atoms with Gasteiger partial charge in [-0.25, -0.2) is 19.9 Å². The first-order valence-electron chi connectivity index (χ1n) is 6.63. The van der Waals surface area contributed by atoms with Gasteiger partial charge in [0.25, 0.3) is 0 Å². The lowest BCUT2D eigenvalue weighted by Gasteiger charge is -1.94. The van der Waals surface area contributed by atoms with Gasteiger partial charge in [0.2, 0.25) is 0 Å². The predicted molar refractivity (Wildman–Crippen MR) is 88.2 cm³/mol. The van der Waals surface area contributed by atoms with E-state index < -0.39 is 0 Å². The molecule has 4 aromatic rings. The van der Waals surface area contributed by atoms with Gasteiger partial charge < -0.3 is 19.4 Å². The molecule has 0 saturated carbocycles. The van der Waals surface area contributed by atoms with Crippen molar-refractivity contribution in [2.75, 3.05) is 14.2 Å². The van der Waals surface area contributed by atoms with Gasteiger partial charge in [-0.2, -0.15) is 9.97 Å². The van der Waals surface area contributed by atoms with Crippen molar-refractivity contribution in [2.45, 2.75) is 10.3 Å². The van der Waals surface area contributed by atoms with Gasteiger partial charge in [-0.1, -0.05) is 0 Å². The molecule has 10 nitrogen and oxygen atoms in total. The number of nitrogens with zero attached hydrogens (tertiary/aromatic N) is 6. The molecule has 4 heterocycles. The summed E-state index contributed by atoms with van der Waals surface area (Å²) in [5.74, 6) is 0. The van der Waals surface area contributed by atoms with Gasteiger partial charge in [0, 0.05) is 0 Å². The van der Waals surface area contributed by atoms with Crippen LogP contribution in [-0.2, 0) is 0 Å². The van der Waals surface area contributed by atoms with Crippen LogP contribution in [0.5, 0.6) is 12.0 Å². The summed E-state index contributed by atoms with van der Waals surface area (Å²) in [6, 6.07) is 0.584. The zero-order valence-corrected chi connectivity index (χ0v) is 14.1. The van der Waals surface area contributed by atoms with Crippen LogP contribution in [0.2, 0.25) is 0 Å². The van der Waals surface area contributed by atoms with Gasteiger partial charge in [-0.3, -0.25) is 0 Å². The largest absolute Gasteiger partial charge is 0.467 e. The van der Waals surface area contributed by atoms with E-state index in [1.165, 1.54) is 35.8 Å². The first kappa shape index (κ1) is 15.0. The van der Waals surface area contributed by atoms with Crippen LogP contribution in [-0.4, -0.2) is 54.1 Å². The van der Waals surface area contributed by atoms with Crippen LogP contribution in [0, 0.1) is 0 Å². The second-order valence-corrected chi connectivity index (χ2v) is 6.54. The third kappa shape index (κ3) is 2.80. The summed E-state index contributed by atoms with van der Waals surface area (Å²) in [5, 5.41) is 1.36. The standard InChI is InChI=1S/C12H10N8O2S2/c1-21-9-13-3-5-7(17-9)19-11(15-5)23-24-12-16-6-4-14-10(22-2)18-8(6)20-12/h3-4H,1-2H3,(H,13,15,17,19)(H,14,16,18,20). The minimum atomic E-state index is 0.292. The number of methoxy groups -OCH3 is 2. The minimum Gasteiger partial charge on any atom is -0.467 e. The highest BCUT2D eigenvalue weighted by Crippen LogP contribution is 2.35. The number of aromatic amines is 2. The van der Waals surface area contributed by atoms with Crippen molar-refractivity contribution in [3.8, 4) is 12.0 Å². The number of hydrogen-bond acceptors (Lipinski definition) is 10. The van der Waals surface area contributed by atoms with E-state index >= 15 is 0 Å². The molecule has 0 aliphatic rings. The van der Waals surface area contributed by atoms with E-state index in [1.807, 2.05) is 0 Å². The number of fused-ring (bicyclic) bond motifs is 2. The van der Waals surface area contributed by atoms with Gasteiger partial charge >= 0.3 is 12.0 Å². The maximum absolute atomic E-state index is 4.99. The topological polar surface area (TPSA) is 127 Å². The van der Waals surface area contributed by atoms with Crippen molar-refractivity contribution < 1.29 is 9.47 Å². The Hall–Kier alpha value is -2.60. The number of H-pyrrole nitrogens is 2. The zero-order valence-electron chi connectivity index (χ0n) is 12.5. The van der Waals surface area contributed by atoms with E-state index in [9.17, 15) is 0 Å². The average Bonchev–Trinajstić information content (AvgIpc) is 3.21. The quantitative estimate of drug-likeness (QED) is 0.507. The van der Waals surface area contributed by atoms with E-state index in [-0.39, 0.29) is 0 Å². The molecular weight excluding hydrogens is 352 g/mol. The SMILES string of the molecule is COc1ncc2nc(SSc3nc4cnc(OC)nc4[nH]3)[nH]c2n1. The Morgan fingerprint density at radius 2 is 1.21 bits per heavy atom. The molecule has 0 bridgehead atoms. The molecule has 4 aromatic heterocycles. The number of imidazole rings is 2. The first-order valence-corrected chi connectivity index (χ1v) is 8.78. The van der Waals surface area contributed by atoms with Crippen LogP contribution in [0.3, 0.4) is 0 Å². The maximum atomic E-state index is 4.99. The summed E-state index contributed by atoms with van der Waals surface area (Å²) in [5.41, 5.74) is 2.56. The lowest BCUT2D eigenvalue weighted by atomic mass is 10.6. The minimum absolute atomic E-state index is 0.292. The van der Waals surface area contributed by atoms with Crippen LogP contribution in [0.1, 0.15) is 0 Å². The summed E-state index contributed by atoms with van der Waals surface area (Å²) in [6.07, 6.45) is 3.21. The summed E-state index contributed by atoms with van der Waals surface area (Å²) in [7, 11) is 5.85. The Morgan fingerprint density at radius 1 is 0.750 bits per heavy atom. The van der Waals surface area contributed by atoms with Crippen LogP contribution < -0.4 is 9.47 Å². The third-order valence-electron chi connectivity index (χ3n) is 2.95. The number of aromatic nitrogens is 8. The molecule has 0 fully saturated rings. The fourth-order valence-electron chi connectivity index (χ4n) is 1.90. The van der Waals surface area contributed by atoms with Gasteiger partial charge in [0.05, 0.1) is 26.6 Å². The van der Waals surface area contributed by atoms with Crippen LogP contribution in [0.15, 0.2) is 22.7 Å². The predicted octanol–water partition coefficient (Wildman–Crippen LogP) is 1.84. The van der Waals surface area contributed by atoms with Crippen LogP contribution in [0.25, 0.3) is 22.3 Å².